The van der Waals surface area contributed by atoms with Crippen LogP contribution in [0.3, 0.4) is 0 Å². The van der Waals surface area contributed by atoms with Crippen LogP contribution in [0.1, 0.15) is 66.5 Å². The number of rotatable bonds is 10. The van der Waals surface area contributed by atoms with Gasteiger partial charge in [0.15, 0.2) is 0 Å². The molecular weight excluding hydrogens is 436 g/mol. The Balaban J connectivity index is 2.43. The predicted molar refractivity (Wildman–Crippen MR) is 147 cm³/mol. The highest BCUT2D eigenvalue weighted by Crippen LogP contribution is 2.31. The van der Waals surface area contributed by atoms with Crippen LogP contribution in [0.4, 0.5) is 11.4 Å². The minimum atomic E-state index is -0.553. The van der Waals surface area contributed by atoms with Crippen LogP contribution in [0.2, 0.25) is 0 Å². The first-order valence-corrected chi connectivity index (χ1v) is 12.5. The van der Waals surface area contributed by atoms with Crippen molar-refractivity contribution in [1.82, 2.24) is 0 Å². The Hall–Kier alpha value is -3.08. The van der Waals surface area contributed by atoms with Gasteiger partial charge < -0.3 is 15.0 Å². The van der Waals surface area contributed by atoms with Crippen LogP contribution in [-0.2, 0) is 20.7 Å². The van der Waals surface area contributed by atoms with Gasteiger partial charge in [-0.05, 0) is 68.4 Å². The fourth-order valence-corrected chi connectivity index (χ4v) is 3.88. The van der Waals surface area contributed by atoms with Gasteiger partial charge in [0, 0.05) is 19.2 Å². The maximum atomic E-state index is 13.0. The highest BCUT2D eigenvalue weighted by atomic mass is 16.6. The molecule has 1 amide bonds. The number of anilines is 2. The van der Waals surface area contributed by atoms with Gasteiger partial charge in [-0.1, -0.05) is 64.1 Å². The lowest BCUT2D eigenvalue weighted by atomic mass is 10.0. The van der Waals surface area contributed by atoms with Gasteiger partial charge in [-0.2, -0.15) is 0 Å². The third kappa shape index (κ3) is 9.97. The number of nitrogens with one attached hydrogen (secondary N) is 1. The first-order chi connectivity index (χ1) is 16.3. The van der Waals surface area contributed by atoms with Crippen LogP contribution in [0.25, 0.3) is 5.57 Å². The van der Waals surface area contributed by atoms with E-state index >= 15 is 0 Å². The molecule has 0 aliphatic rings. The molecule has 0 aromatic heterocycles. The predicted octanol–water partition coefficient (Wildman–Crippen LogP) is 6.73. The molecule has 0 spiro atoms. The van der Waals surface area contributed by atoms with Gasteiger partial charge in [0.05, 0.1) is 17.8 Å². The SMILES string of the molecule is C/C(=C\C(=O)OC(C)(C)C)c1ccc(N(CC(C)C)CC(C)C)c(NC(=O)Cc2ccccc2)c1. The lowest BCUT2D eigenvalue weighted by Gasteiger charge is -2.31. The number of ether oxygens (including phenoxy) is 1. The van der Waals surface area contributed by atoms with Gasteiger partial charge in [0.1, 0.15) is 5.60 Å². The molecule has 190 valence electrons. The summed E-state index contributed by atoms with van der Waals surface area (Å²) in [6.07, 6.45) is 1.81. The van der Waals surface area contributed by atoms with E-state index < -0.39 is 5.60 Å². The summed E-state index contributed by atoms with van der Waals surface area (Å²) in [7, 11) is 0. The van der Waals surface area contributed by atoms with Gasteiger partial charge in [-0.15, -0.1) is 0 Å². The van der Waals surface area contributed by atoms with E-state index in [-0.39, 0.29) is 11.9 Å². The number of benzene rings is 2. The van der Waals surface area contributed by atoms with Crippen molar-refractivity contribution in [2.24, 2.45) is 11.8 Å². The van der Waals surface area contributed by atoms with Crippen molar-refractivity contribution >= 4 is 28.8 Å². The molecule has 0 atom stereocenters. The third-order valence-electron chi connectivity index (χ3n) is 5.19. The Bertz CT molecular complexity index is 1010. The van der Waals surface area contributed by atoms with E-state index in [0.717, 1.165) is 41.2 Å². The number of hydrogen-bond donors (Lipinski definition) is 1. The summed E-state index contributed by atoms with van der Waals surface area (Å²) < 4.78 is 5.45. The van der Waals surface area contributed by atoms with E-state index in [1.54, 1.807) is 0 Å². The zero-order valence-electron chi connectivity index (χ0n) is 22.6. The van der Waals surface area contributed by atoms with Crippen LogP contribution >= 0.6 is 0 Å². The van der Waals surface area contributed by atoms with Crippen molar-refractivity contribution in [2.45, 2.75) is 67.4 Å². The summed E-state index contributed by atoms with van der Waals surface area (Å²) >= 11 is 0. The number of carbonyl (C=O) groups excluding carboxylic acids is 2. The van der Waals surface area contributed by atoms with Crippen LogP contribution in [-0.4, -0.2) is 30.6 Å². The van der Waals surface area contributed by atoms with Crippen LogP contribution in [0.5, 0.6) is 0 Å². The average molecular weight is 479 g/mol. The molecule has 1 N–H and O–H groups in total. The van der Waals surface area contributed by atoms with E-state index in [9.17, 15) is 9.59 Å². The monoisotopic (exact) mass is 478 g/mol. The highest BCUT2D eigenvalue weighted by Gasteiger charge is 2.18. The summed E-state index contributed by atoms with van der Waals surface area (Å²) in [5, 5.41) is 3.15. The van der Waals surface area contributed by atoms with Crippen molar-refractivity contribution in [3.8, 4) is 0 Å². The molecule has 35 heavy (non-hydrogen) atoms. The Kier molecular flexibility index (Phi) is 10.1. The molecule has 0 aliphatic carbocycles. The Morgan fingerprint density at radius 2 is 1.57 bits per heavy atom. The summed E-state index contributed by atoms with van der Waals surface area (Å²) in [6, 6.07) is 15.7. The van der Waals surface area contributed by atoms with Crippen LogP contribution < -0.4 is 10.2 Å². The molecule has 5 heteroatoms. The van der Waals surface area contributed by atoms with Gasteiger partial charge in [0.25, 0.3) is 0 Å². The molecule has 0 heterocycles. The number of carbonyl (C=O) groups is 2. The number of allylic oxidation sites excluding steroid dienone is 1. The zero-order valence-corrected chi connectivity index (χ0v) is 22.6. The van der Waals surface area contributed by atoms with Gasteiger partial charge in [-0.3, -0.25) is 4.79 Å². The molecule has 0 aliphatic heterocycles. The van der Waals surface area contributed by atoms with Crippen molar-refractivity contribution in [3.05, 3.63) is 65.7 Å². The maximum Gasteiger partial charge on any atom is 0.331 e. The van der Waals surface area contributed by atoms with Crippen molar-refractivity contribution in [1.29, 1.82) is 0 Å². The average Bonchev–Trinajstić information content (AvgIpc) is 2.71. The highest BCUT2D eigenvalue weighted by molar-refractivity contribution is 5.97. The van der Waals surface area contributed by atoms with Crippen molar-refractivity contribution < 1.29 is 14.3 Å². The fraction of sp³-hybridized carbons (Fsp3) is 0.467. The Morgan fingerprint density at radius 1 is 0.971 bits per heavy atom. The molecular formula is C30H42N2O3. The molecule has 2 rings (SSSR count). The van der Waals surface area contributed by atoms with Gasteiger partial charge in [0.2, 0.25) is 5.91 Å². The largest absolute Gasteiger partial charge is 0.457 e. The first-order valence-electron chi connectivity index (χ1n) is 12.5. The molecule has 0 saturated heterocycles. The normalized spacial score (nSPS) is 12.1. The zero-order chi connectivity index (χ0) is 26.2. The second-order valence-corrected chi connectivity index (χ2v) is 11.0. The number of nitrogens with zero attached hydrogens (tertiary/aromatic N) is 1. The summed E-state index contributed by atoms with van der Waals surface area (Å²) in [6.45, 7) is 18.0. The van der Waals surface area contributed by atoms with Crippen molar-refractivity contribution in [2.75, 3.05) is 23.3 Å². The molecule has 5 nitrogen and oxygen atoms in total. The van der Waals surface area contributed by atoms with E-state index in [1.807, 2.05) is 76.2 Å². The first kappa shape index (κ1) is 28.2. The standard InChI is InChI=1S/C30H42N2O3/c1-21(2)19-32(20-22(3)4)27-15-14-25(23(5)16-29(34)35-30(6,7)8)18-26(27)31-28(33)17-24-12-10-9-11-13-24/h9-16,18,21-22H,17,19-20H2,1-8H3,(H,31,33)/b23-16+. The van der Waals surface area contributed by atoms with E-state index in [4.69, 9.17) is 4.74 Å². The van der Waals surface area contributed by atoms with Crippen LogP contribution in [0, 0.1) is 11.8 Å². The summed E-state index contributed by atoms with van der Waals surface area (Å²) in [5.74, 6) is 0.484. The van der Waals surface area contributed by atoms with E-state index in [2.05, 4.69) is 37.9 Å². The topological polar surface area (TPSA) is 58.6 Å². The van der Waals surface area contributed by atoms with Gasteiger partial charge >= 0.3 is 5.97 Å². The number of esters is 1. The molecule has 2 aromatic carbocycles. The molecule has 0 fully saturated rings. The Labute approximate surface area is 211 Å². The molecule has 0 radical (unpaired) electrons. The quantitative estimate of drug-likeness (QED) is 0.304. The lowest BCUT2D eigenvalue weighted by molar-refractivity contribution is -0.148. The Morgan fingerprint density at radius 3 is 2.11 bits per heavy atom. The number of amides is 1. The molecule has 0 bridgehead atoms. The van der Waals surface area contributed by atoms with E-state index in [0.29, 0.717) is 18.3 Å². The van der Waals surface area contributed by atoms with Gasteiger partial charge in [-0.25, -0.2) is 4.79 Å². The lowest BCUT2D eigenvalue weighted by Crippen LogP contribution is -2.32. The third-order valence-corrected chi connectivity index (χ3v) is 5.19. The molecule has 0 unspecified atom stereocenters. The second kappa shape index (κ2) is 12.6. The van der Waals surface area contributed by atoms with Crippen LogP contribution in [0.15, 0.2) is 54.6 Å². The smallest absolute Gasteiger partial charge is 0.331 e. The number of hydrogen-bond acceptors (Lipinski definition) is 4. The second-order valence-electron chi connectivity index (χ2n) is 11.0. The molecule has 2 aromatic rings. The summed E-state index contributed by atoms with van der Waals surface area (Å²) in [5.41, 5.74) is 3.80. The fourth-order valence-electron chi connectivity index (χ4n) is 3.88. The summed E-state index contributed by atoms with van der Waals surface area (Å²) in [4.78, 5) is 27.7. The van der Waals surface area contributed by atoms with E-state index in [1.165, 1.54) is 6.08 Å². The minimum absolute atomic E-state index is 0.0718. The van der Waals surface area contributed by atoms with Crippen molar-refractivity contribution in [3.63, 3.8) is 0 Å². The maximum absolute atomic E-state index is 13.0. The molecule has 0 saturated carbocycles. The minimum Gasteiger partial charge on any atom is -0.457 e.